The Balaban J connectivity index is 1.40. The fraction of sp³-hybridized carbons (Fsp3) is 0.526. The van der Waals surface area contributed by atoms with E-state index in [0.29, 0.717) is 29.9 Å². The van der Waals surface area contributed by atoms with Crippen LogP contribution in [0.4, 0.5) is 11.9 Å². The van der Waals surface area contributed by atoms with E-state index in [-0.39, 0.29) is 17.9 Å². The fourth-order valence-corrected chi connectivity index (χ4v) is 4.19. The number of likely N-dealkylation sites (N-methyl/N-ethyl adjacent to an activating group) is 1. The maximum absolute atomic E-state index is 13.2. The molecule has 0 unspecified atom stereocenters. The first-order valence-electron chi connectivity index (χ1n) is 10.4. The van der Waals surface area contributed by atoms with Crippen LogP contribution < -0.4 is 10.6 Å². The van der Waals surface area contributed by atoms with Gasteiger partial charge in [0.25, 0.3) is 5.78 Å². The first-order valence-corrected chi connectivity index (χ1v) is 10.4. The molecule has 0 aromatic carbocycles. The standard InChI is InChI=1S/C19H25N9O2/c1-2-25-8-10-26(11-9-25)16(29)13-5-3-7-27(13)18-22-17(20)28-19(23-18)21-15(24-28)14-6-4-12-30-14/h4,6,12-13H,2-3,5,7-11H2,1H3,(H2,20,21,22,23,24)/t13-/m0/s1. The van der Waals surface area contributed by atoms with Gasteiger partial charge in [-0.05, 0) is 31.5 Å². The Kier molecular flexibility index (Phi) is 4.74. The number of nitrogens with two attached hydrogens (primary N) is 1. The van der Waals surface area contributed by atoms with E-state index in [0.717, 1.165) is 45.6 Å². The number of furan rings is 1. The average molecular weight is 411 g/mol. The molecule has 11 nitrogen and oxygen atoms in total. The van der Waals surface area contributed by atoms with Crippen LogP contribution in [0.15, 0.2) is 22.8 Å². The van der Waals surface area contributed by atoms with Gasteiger partial charge in [-0.25, -0.2) is 0 Å². The van der Waals surface area contributed by atoms with Crippen LogP contribution in [-0.4, -0.2) is 85.6 Å². The topological polar surface area (TPSA) is 122 Å². The Labute approximate surface area is 173 Å². The van der Waals surface area contributed by atoms with Gasteiger partial charge in [0.1, 0.15) is 6.04 Å². The predicted molar refractivity (Wildman–Crippen MR) is 110 cm³/mol. The number of hydrogen-bond donors (Lipinski definition) is 1. The number of carbonyl (C=O) groups excluding carboxylic acids is 1. The molecule has 158 valence electrons. The third-order valence-electron chi connectivity index (χ3n) is 5.89. The van der Waals surface area contributed by atoms with Crippen molar-refractivity contribution in [3.05, 3.63) is 18.4 Å². The average Bonchev–Trinajstić information content (AvgIpc) is 3.53. The Morgan fingerprint density at radius 1 is 1.20 bits per heavy atom. The zero-order chi connectivity index (χ0) is 20.7. The number of rotatable bonds is 4. The van der Waals surface area contributed by atoms with Crippen LogP contribution in [-0.2, 0) is 4.79 Å². The van der Waals surface area contributed by atoms with E-state index in [4.69, 9.17) is 10.2 Å². The summed E-state index contributed by atoms with van der Waals surface area (Å²) in [6, 6.07) is 3.27. The van der Waals surface area contributed by atoms with Gasteiger partial charge < -0.3 is 24.9 Å². The smallest absolute Gasteiger partial charge is 0.259 e. The minimum absolute atomic E-state index is 0.142. The fourth-order valence-electron chi connectivity index (χ4n) is 4.19. The lowest BCUT2D eigenvalue weighted by Crippen LogP contribution is -2.53. The van der Waals surface area contributed by atoms with Gasteiger partial charge in [0, 0.05) is 32.7 Å². The lowest BCUT2D eigenvalue weighted by molar-refractivity contribution is -0.134. The maximum atomic E-state index is 13.2. The molecule has 3 aromatic rings. The van der Waals surface area contributed by atoms with E-state index in [1.54, 1.807) is 18.4 Å². The molecule has 3 aromatic heterocycles. The Morgan fingerprint density at radius 3 is 2.77 bits per heavy atom. The normalized spacial score (nSPS) is 20.4. The van der Waals surface area contributed by atoms with Crippen molar-refractivity contribution in [2.75, 3.05) is 49.9 Å². The third kappa shape index (κ3) is 3.24. The van der Waals surface area contributed by atoms with Gasteiger partial charge in [0.05, 0.1) is 6.26 Å². The summed E-state index contributed by atoms with van der Waals surface area (Å²) in [5, 5.41) is 4.33. The number of hydrogen-bond acceptors (Lipinski definition) is 9. The Hall–Kier alpha value is -3.21. The summed E-state index contributed by atoms with van der Waals surface area (Å²) in [5.74, 6) is 1.99. The highest BCUT2D eigenvalue weighted by Gasteiger charge is 2.36. The number of piperazine rings is 1. The molecule has 1 amide bonds. The van der Waals surface area contributed by atoms with Crippen LogP contribution in [0, 0.1) is 0 Å². The summed E-state index contributed by atoms with van der Waals surface area (Å²) in [6.45, 7) is 7.23. The van der Waals surface area contributed by atoms with Gasteiger partial charge >= 0.3 is 0 Å². The van der Waals surface area contributed by atoms with Crippen molar-refractivity contribution in [3.8, 4) is 11.6 Å². The van der Waals surface area contributed by atoms with Crippen molar-refractivity contribution in [3.63, 3.8) is 0 Å². The van der Waals surface area contributed by atoms with E-state index in [1.165, 1.54) is 4.52 Å². The van der Waals surface area contributed by atoms with Crippen molar-refractivity contribution < 1.29 is 9.21 Å². The zero-order valence-corrected chi connectivity index (χ0v) is 16.9. The molecule has 0 radical (unpaired) electrons. The van der Waals surface area contributed by atoms with Gasteiger partial charge in [-0.1, -0.05) is 6.92 Å². The molecule has 2 N–H and O–H groups in total. The summed E-state index contributed by atoms with van der Waals surface area (Å²) in [4.78, 5) is 32.9. The molecule has 2 saturated heterocycles. The third-order valence-corrected chi connectivity index (χ3v) is 5.89. The molecular weight excluding hydrogens is 386 g/mol. The van der Waals surface area contributed by atoms with E-state index >= 15 is 0 Å². The predicted octanol–water partition coefficient (Wildman–Crippen LogP) is 0.494. The number of nitrogen functional groups attached to an aromatic ring is 1. The summed E-state index contributed by atoms with van der Waals surface area (Å²) in [7, 11) is 0. The van der Waals surface area contributed by atoms with E-state index in [2.05, 4.69) is 31.9 Å². The number of aromatic nitrogens is 5. The number of fused-ring (bicyclic) bond motifs is 1. The number of nitrogens with zero attached hydrogens (tertiary/aromatic N) is 8. The second kappa shape index (κ2) is 7.56. The highest BCUT2D eigenvalue weighted by atomic mass is 16.3. The molecule has 0 bridgehead atoms. The van der Waals surface area contributed by atoms with Crippen LogP contribution in [0.2, 0.25) is 0 Å². The second-order valence-corrected chi connectivity index (χ2v) is 7.62. The number of carbonyl (C=O) groups is 1. The van der Waals surface area contributed by atoms with E-state index in [9.17, 15) is 4.79 Å². The van der Waals surface area contributed by atoms with Crippen LogP contribution in [0.3, 0.4) is 0 Å². The lowest BCUT2D eigenvalue weighted by Gasteiger charge is -2.36. The molecule has 0 spiro atoms. The van der Waals surface area contributed by atoms with Gasteiger partial charge in [-0.15, -0.1) is 5.10 Å². The molecule has 0 saturated carbocycles. The van der Waals surface area contributed by atoms with Gasteiger partial charge in [0.2, 0.25) is 23.6 Å². The van der Waals surface area contributed by atoms with Crippen molar-refractivity contribution in [2.45, 2.75) is 25.8 Å². The molecule has 11 heteroatoms. The molecule has 1 atom stereocenters. The first kappa shape index (κ1) is 18.8. The molecule has 2 aliphatic heterocycles. The summed E-state index contributed by atoms with van der Waals surface area (Å²) < 4.78 is 6.75. The molecule has 30 heavy (non-hydrogen) atoms. The second-order valence-electron chi connectivity index (χ2n) is 7.62. The van der Waals surface area contributed by atoms with E-state index in [1.807, 2.05) is 9.80 Å². The van der Waals surface area contributed by atoms with E-state index < -0.39 is 0 Å². The van der Waals surface area contributed by atoms with Crippen molar-refractivity contribution >= 4 is 23.6 Å². The highest BCUT2D eigenvalue weighted by molar-refractivity contribution is 5.85. The van der Waals surface area contributed by atoms with Crippen molar-refractivity contribution in [1.29, 1.82) is 0 Å². The van der Waals surface area contributed by atoms with Gasteiger partial charge in [0.15, 0.2) is 5.76 Å². The van der Waals surface area contributed by atoms with Gasteiger partial charge in [-0.2, -0.15) is 19.5 Å². The van der Waals surface area contributed by atoms with Crippen molar-refractivity contribution in [2.24, 2.45) is 0 Å². The monoisotopic (exact) mass is 411 g/mol. The number of anilines is 2. The largest absolute Gasteiger partial charge is 0.461 e. The van der Waals surface area contributed by atoms with Crippen molar-refractivity contribution in [1.82, 2.24) is 34.4 Å². The van der Waals surface area contributed by atoms with Crippen LogP contribution in [0.1, 0.15) is 19.8 Å². The van der Waals surface area contributed by atoms with Crippen LogP contribution in [0.5, 0.6) is 0 Å². The summed E-state index contributed by atoms with van der Waals surface area (Å²) in [5.41, 5.74) is 6.14. The lowest BCUT2D eigenvalue weighted by atomic mass is 10.1. The molecule has 2 fully saturated rings. The SMILES string of the molecule is CCN1CCN(C(=O)[C@@H]2CCCN2c2nc(N)n3nc(-c4ccco4)nc3n2)CC1. The summed E-state index contributed by atoms with van der Waals surface area (Å²) >= 11 is 0. The first-order chi connectivity index (χ1) is 14.6. The van der Waals surface area contributed by atoms with Crippen LogP contribution in [0.25, 0.3) is 17.4 Å². The Morgan fingerprint density at radius 2 is 2.03 bits per heavy atom. The zero-order valence-electron chi connectivity index (χ0n) is 16.9. The molecule has 0 aliphatic carbocycles. The Bertz CT molecular complexity index is 1040. The quantitative estimate of drug-likeness (QED) is 0.653. The van der Waals surface area contributed by atoms with Gasteiger partial charge in [-0.3, -0.25) is 4.79 Å². The molecular formula is C19H25N9O2. The minimum atomic E-state index is -0.271. The highest BCUT2D eigenvalue weighted by Crippen LogP contribution is 2.26. The molecule has 2 aliphatic rings. The summed E-state index contributed by atoms with van der Waals surface area (Å²) in [6.07, 6.45) is 3.25. The number of amides is 1. The maximum Gasteiger partial charge on any atom is 0.259 e. The molecule has 5 rings (SSSR count). The molecule has 5 heterocycles. The minimum Gasteiger partial charge on any atom is -0.461 e. The van der Waals surface area contributed by atoms with Crippen LogP contribution >= 0.6 is 0 Å².